The standard InChI is InChI=1S/C21H22FN3OS/c22-19-14(4-3-10-24-19)13-7-8-18-16(12-13)21(9-11-27-20(23)25-21)15-5-1-2-6-17(15)26-18/h3-4,7-8,10,12,15,17H,1-2,5-6,9,11H2,(H2,23,25)/t15-,17+,21?/m0/s1. The van der Waals surface area contributed by atoms with Gasteiger partial charge >= 0.3 is 0 Å². The van der Waals surface area contributed by atoms with Crippen LogP contribution >= 0.6 is 11.8 Å². The van der Waals surface area contributed by atoms with Gasteiger partial charge in [-0.2, -0.15) is 4.39 Å². The number of fused-ring (bicyclic) bond motifs is 4. The Kier molecular flexibility index (Phi) is 4.11. The van der Waals surface area contributed by atoms with Crippen molar-refractivity contribution in [2.75, 3.05) is 5.75 Å². The molecule has 3 heterocycles. The van der Waals surface area contributed by atoms with Gasteiger partial charge in [-0.3, -0.25) is 4.99 Å². The zero-order valence-corrected chi connectivity index (χ0v) is 15.8. The van der Waals surface area contributed by atoms with Crippen LogP contribution in [0.5, 0.6) is 5.75 Å². The van der Waals surface area contributed by atoms with Gasteiger partial charge in [0.1, 0.15) is 11.9 Å². The topological polar surface area (TPSA) is 60.5 Å². The molecule has 0 amide bonds. The van der Waals surface area contributed by atoms with E-state index < -0.39 is 5.95 Å². The molecular weight excluding hydrogens is 361 g/mol. The lowest BCUT2D eigenvalue weighted by molar-refractivity contribution is 0.0158. The molecule has 1 saturated carbocycles. The van der Waals surface area contributed by atoms with Gasteiger partial charge in [0.15, 0.2) is 5.17 Å². The van der Waals surface area contributed by atoms with Gasteiger partial charge in [-0.1, -0.05) is 24.2 Å². The number of halogens is 1. The van der Waals surface area contributed by atoms with Crippen LogP contribution in [0.2, 0.25) is 0 Å². The van der Waals surface area contributed by atoms with Crippen molar-refractivity contribution in [1.82, 2.24) is 4.98 Å². The molecular formula is C21H22FN3OS. The Morgan fingerprint density at radius 1 is 1.22 bits per heavy atom. The van der Waals surface area contributed by atoms with Crippen LogP contribution in [0.3, 0.4) is 0 Å². The van der Waals surface area contributed by atoms with Crippen LogP contribution in [-0.2, 0) is 5.54 Å². The Labute approximate surface area is 162 Å². The lowest BCUT2D eigenvalue weighted by atomic mass is 9.66. The molecule has 3 atom stereocenters. The Bertz CT molecular complexity index is 918. The summed E-state index contributed by atoms with van der Waals surface area (Å²) >= 11 is 1.62. The fraction of sp³-hybridized carbons (Fsp3) is 0.429. The van der Waals surface area contributed by atoms with E-state index in [1.165, 1.54) is 19.0 Å². The zero-order chi connectivity index (χ0) is 18.4. The van der Waals surface area contributed by atoms with Gasteiger partial charge in [0.05, 0.1) is 5.54 Å². The molecule has 140 valence electrons. The van der Waals surface area contributed by atoms with Crippen molar-refractivity contribution in [3.8, 4) is 16.9 Å². The first-order valence-electron chi connectivity index (χ1n) is 9.57. The normalized spacial score (nSPS) is 29.4. The smallest absolute Gasteiger partial charge is 0.220 e. The van der Waals surface area contributed by atoms with Gasteiger partial charge in [0.25, 0.3) is 0 Å². The van der Waals surface area contributed by atoms with Gasteiger partial charge in [-0.05, 0) is 55.5 Å². The minimum atomic E-state index is -0.457. The average molecular weight is 383 g/mol. The summed E-state index contributed by atoms with van der Waals surface area (Å²) in [6.07, 6.45) is 7.14. The molecule has 0 radical (unpaired) electrons. The Morgan fingerprint density at radius 2 is 2.11 bits per heavy atom. The van der Waals surface area contributed by atoms with Crippen molar-refractivity contribution >= 4 is 16.9 Å². The second-order valence-corrected chi connectivity index (χ2v) is 8.69. The largest absolute Gasteiger partial charge is 0.490 e. The number of aliphatic imine (C=N–C) groups is 1. The first kappa shape index (κ1) is 17.0. The van der Waals surface area contributed by atoms with Crippen molar-refractivity contribution in [3.63, 3.8) is 0 Å². The van der Waals surface area contributed by atoms with E-state index in [0.717, 1.165) is 41.9 Å². The Hall–Kier alpha value is -2.08. The highest BCUT2D eigenvalue weighted by atomic mass is 32.2. The van der Waals surface area contributed by atoms with Gasteiger partial charge in [-0.15, -0.1) is 0 Å². The number of ether oxygens (including phenoxy) is 1. The van der Waals surface area contributed by atoms with Crippen LogP contribution in [0.25, 0.3) is 11.1 Å². The molecule has 27 heavy (non-hydrogen) atoms. The molecule has 1 aromatic carbocycles. The molecule has 0 saturated heterocycles. The number of thioether (sulfide) groups is 1. The number of aromatic nitrogens is 1. The van der Waals surface area contributed by atoms with Gasteiger partial charge in [0, 0.05) is 29.0 Å². The molecule has 1 spiro atoms. The van der Waals surface area contributed by atoms with Crippen molar-refractivity contribution in [1.29, 1.82) is 0 Å². The summed E-state index contributed by atoms with van der Waals surface area (Å²) in [5.41, 5.74) is 8.20. The number of nitrogens with two attached hydrogens (primary N) is 1. The molecule has 5 rings (SSSR count). The van der Waals surface area contributed by atoms with Crippen LogP contribution in [0.15, 0.2) is 41.5 Å². The highest BCUT2D eigenvalue weighted by Crippen LogP contribution is 2.54. The molecule has 2 aliphatic heterocycles. The number of pyridine rings is 1. The monoisotopic (exact) mass is 383 g/mol. The minimum absolute atomic E-state index is 0.187. The third kappa shape index (κ3) is 2.73. The van der Waals surface area contributed by atoms with E-state index in [1.54, 1.807) is 23.9 Å². The van der Waals surface area contributed by atoms with Crippen LogP contribution in [0, 0.1) is 11.9 Å². The summed E-state index contributed by atoms with van der Waals surface area (Å²) in [5, 5.41) is 0.649. The summed E-state index contributed by atoms with van der Waals surface area (Å²) in [6.45, 7) is 0. The second-order valence-electron chi connectivity index (χ2n) is 7.57. The fourth-order valence-corrected chi connectivity index (χ4v) is 5.80. The lowest BCUT2D eigenvalue weighted by Gasteiger charge is -2.50. The molecule has 2 aromatic rings. The number of rotatable bonds is 1. The number of benzene rings is 1. The average Bonchev–Trinajstić information content (AvgIpc) is 2.69. The SMILES string of the molecule is NC1=NC2(CCS1)c1cc(-c3cccnc3F)ccc1O[C@@H]1CCCC[C@@H]12. The molecule has 4 nitrogen and oxygen atoms in total. The first-order chi connectivity index (χ1) is 13.2. The maximum Gasteiger partial charge on any atom is 0.220 e. The summed E-state index contributed by atoms with van der Waals surface area (Å²) in [5.74, 6) is 1.69. The van der Waals surface area contributed by atoms with Crippen molar-refractivity contribution in [3.05, 3.63) is 48.0 Å². The highest BCUT2D eigenvalue weighted by Gasteiger charge is 2.51. The van der Waals surface area contributed by atoms with Gasteiger partial charge in [0.2, 0.25) is 5.95 Å². The third-order valence-electron chi connectivity index (χ3n) is 6.15. The van der Waals surface area contributed by atoms with Gasteiger partial charge < -0.3 is 10.5 Å². The van der Waals surface area contributed by atoms with Crippen LogP contribution in [0.1, 0.15) is 37.7 Å². The minimum Gasteiger partial charge on any atom is -0.490 e. The van der Waals surface area contributed by atoms with E-state index in [2.05, 4.69) is 4.98 Å². The van der Waals surface area contributed by atoms with E-state index in [-0.39, 0.29) is 11.6 Å². The van der Waals surface area contributed by atoms with Crippen molar-refractivity contribution in [2.24, 2.45) is 16.6 Å². The Morgan fingerprint density at radius 3 is 2.96 bits per heavy atom. The third-order valence-corrected chi connectivity index (χ3v) is 6.95. The van der Waals surface area contributed by atoms with Crippen LogP contribution in [-0.4, -0.2) is 22.0 Å². The maximum atomic E-state index is 14.3. The molecule has 3 aliphatic rings. The zero-order valence-electron chi connectivity index (χ0n) is 15.0. The summed E-state index contributed by atoms with van der Waals surface area (Å²) < 4.78 is 20.7. The Balaban J connectivity index is 1.70. The number of hydrogen-bond donors (Lipinski definition) is 1. The van der Waals surface area contributed by atoms with E-state index in [4.69, 9.17) is 15.5 Å². The number of hydrogen-bond acceptors (Lipinski definition) is 5. The quantitative estimate of drug-likeness (QED) is 0.737. The predicted octanol–water partition coefficient (Wildman–Crippen LogP) is 4.49. The van der Waals surface area contributed by atoms with Crippen molar-refractivity contribution < 1.29 is 9.13 Å². The molecule has 0 bridgehead atoms. The molecule has 1 unspecified atom stereocenters. The van der Waals surface area contributed by atoms with Crippen LogP contribution in [0.4, 0.5) is 4.39 Å². The first-order valence-corrected chi connectivity index (χ1v) is 10.6. The summed E-state index contributed by atoms with van der Waals surface area (Å²) in [4.78, 5) is 8.82. The maximum absolute atomic E-state index is 14.3. The fourth-order valence-electron chi connectivity index (χ4n) is 4.95. The van der Waals surface area contributed by atoms with Crippen LogP contribution < -0.4 is 10.5 Å². The molecule has 2 N–H and O–H groups in total. The predicted molar refractivity (Wildman–Crippen MR) is 106 cm³/mol. The summed E-state index contributed by atoms with van der Waals surface area (Å²) in [7, 11) is 0. The highest BCUT2D eigenvalue weighted by molar-refractivity contribution is 8.13. The summed E-state index contributed by atoms with van der Waals surface area (Å²) in [6, 6.07) is 9.46. The van der Waals surface area contributed by atoms with E-state index in [0.29, 0.717) is 16.6 Å². The molecule has 1 fully saturated rings. The van der Waals surface area contributed by atoms with Gasteiger partial charge in [-0.25, -0.2) is 4.98 Å². The number of amidine groups is 1. The molecule has 1 aromatic heterocycles. The molecule has 1 aliphatic carbocycles. The number of nitrogens with zero attached hydrogens (tertiary/aromatic N) is 2. The van der Waals surface area contributed by atoms with E-state index in [1.807, 2.05) is 18.2 Å². The molecule has 6 heteroatoms. The second kappa shape index (κ2) is 6.51. The van der Waals surface area contributed by atoms with E-state index >= 15 is 0 Å². The lowest BCUT2D eigenvalue weighted by Crippen LogP contribution is -2.50. The van der Waals surface area contributed by atoms with Crippen molar-refractivity contribution in [2.45, 2.75) is 43.7 Å². The van der Waals surface area contributed by atoms with E-state index in [9.17, 15) is 4.39 Å².